The first kappa shape index (κ1) is 20.0. The van der Waals surface area contributed by atoms with E-state index in [4.69, 9.17) is 16.3 Å². The number of carbonyl (C=O) groups is 2. The molecule has 2 aromatic heterocycles. The standard InChI is InChI=1S/C22H16ClN3O3S/c1-29-21(28)17-8-3-2-7-16(17)20(27)26(13-15-6-4-5-11-24-15)22-25-18-10-9-14(23)12-19(18)30-22/h2-12H,13H2,1H3. The monoisotopic (exact) mass is 437 g/mol. The highest BCUT2D eigenvalue weighted by Gasteiger charge is 2.26. The van der Waals surface area contributed by atoms with Crippen LogP contribution in [0.4, 0.5) is 5.13 Å². The zero-order chi connectivity index (χ0) is 21.1. The maximum absolute atomic E-state index is 13.6. The van der Waals surface area contributed by atoms with Gasteiger partial charge in [0.1, 0.15) is 0 Å². The third kappa shape index (κ3) is 4.03. The molecule has 0 saturated heterocycles. The molecular formula is C22H16ClN3O3S. The lowest BCUT2D eigenvalue weighted by Crippen LogP contribution is -2.32. The lowest BCUT2D eigenvalue weighted by Gasteiger charge is -2.20. The van der Waals surface area contributed by atoms with Crippen molar-refractivity contribution in [2.75, 3.05) is 12.0 Å². The van der Waals surface area contributed by atoms with Crippen molar-refractivity contribution in [1.29, 1.82) is 0 Å². The molecular weight excluding hydrogens is 422 g/mol. The van der Waals surface area contributed by atoms with Crippen molar-refractivity contribution in [3.8, 4) is 0 Å². The second kappa shape index (κ2) is 8.61. The molecule has 0 aliphatic rings. The van der Waals surface area contributed by atoms with Crippen molar-refractivity contribution in [1.82, 2.24) is 9.97 Å². The van der Waals surface area contributed by atoms with Crippen LogP contribution in [-0.4, -0.2) is 29.0 Å². The Morgan fingerprint density at radius 3 is 2.57 bits per heavy atom. The molecule has 2 heterocycles. The Balaban J connectivity index is 1.81. The van der Waals surface area contributed by atoms with Gasteiger partial charge in [-0.3, -0.25) is 14.7 Å². The number of thiazole rings is 1. The predicted octanol–water partition coefficient (Wildman–Crippen LogP) is 4.98. The summed E-state index contributed by atoms with van der Waals surface area (Å²) in [5.41, 5.74) is 1.86. The summed E-state index contributed by atoms with van der Waals surface area (Å²) in [7, 11) is 1.28. The Morgan fingerprint density at radius 1 is 1.07 bits per heavy atom. The van der Waals surface area contributed by atoms with Crippen molar-refractivity contribution in [3.05, 3.63) is 88.7 Å². The van der Waals surface area contributed by atoms with E-state index in [9.17, 15) is 9.59 Å². The average molecular weight is 438 g/mol. The Hall–Kier alpha value is -3.29. The van der Waals surface area contributed by atoms with Gasteiger partial charge in [-0.25, -0.2) is 9.78 Å². The predicted molar refractivity (Wildman–Crippen MR) is 117 cm³/mol. The number of aromatic nitrogens is 2. The number of esters is 1. The summed E-state index contributed by atoms with van der Waals surface area (Å²) in [5, 5.41) is 1.08. The fourth-order valence-electron chi connectivity index (χ4n) is 2.98. The van der Waals surface area contributed by atoms with Crippen molar-refractivity contribution in [2.24, 2.45) is 0 Å². The number of methoxy groups -OCH3 is 1. The van der Waals surface area contributed by atoms with Crippen LogP contribution in [-0.2, 0) is 11.3 Å². The highest BCUT2D eigenvalue weighted by atomic mass is 35.5. The summed E-state index contributed by atoms with van der Waals surface area (Å²) in [6, 6.07) is 17.4. The van der Waals surface area contributed by atoms with E-state index in [1.807, 2.05) is 30.3 Å². The molecule has 0 spiro atoms. The summed E-state index contributed by atoms with van der Waals surface area (Å²) in [4.78, 5) is 36.2. The lowest BCUT2D eigenvalue weighted by molar-refractivity contribution is 0.0597. The first-order valence-corrected chi connectivity index (χ1v) is 10.2. The number of carbonyl (C=O) groups excluding carboxylic acids is 2. The topological polar surface area (TPSA) is 72.4 Å². The van der Waals surface area contributed by atoms with Crippen LogP contribution in [0.2, 0.25) is 5.02 Å². The van der Waals surface area contributed by atoms with Gasteiger partial charge >= 0.3 is 5.97 Å². The first-order valence-electron chi connectivity index (χ1n) is 9.02. The second-order valence-electron chi connectivity index (χ2n) is 6.36. The third-order valence-corrected chi connectivity index (χ3v) is 5.70. The van der Waals surface area contributed by atoms with Crippen LogP contribution in [0.1, 0.15) is 26.4 Å². The van der Waals surface area contributed by atoms with Gasteiger partial charge in [0.2, 0.25) is 0 Å². The highest BCUT2D eigenvalue weighted by Crippen LogP contribution is 2.32. The maximum atomic E-state index is 13.6. The van der Waals surface area contributed by atoms with Gasteiger partial charge in [-0.2, -0.15) is 0 Å². The normalized spacial score (nSPS) is 10.7. The quantitative estimate of drug-likeness (QED) is 0.412. The molecule has 0 unspecified atom stereocenters. The number of ether oxygens (including phenoxy) is 1. The molecule has 0 fully saturated rings. The highest BCUT2D eigenvalue weighted by molar-refractivity contribution is 7.22. The molecule has 4 rings (SSSR count). The summed E-state index contributed by atoms with van der Waals surface area (Å²) in [6.07, 6.45) is 1.67. The zero-order valence-corrected chi connectivity index (χ0v) is 17.5. The molecule has 1 amide bonds. The molecule has 0 N–H and O–H groups in total. The van der Waals surface area contributed by atoms with Gasteiger partial charge < -0.3 is 4.74 Å². The van der Waals surface area contributed by atoms with Crippen LogP contribution < -0.4 is 4.90 Å². The average Bonchev–Trinajstić information content (AvgIpc) is 3.20. The van der Waals surface area contributed by atoms with E-state index in [2.05, 4.69) is 9.97 Å². The Morgan fingerprint density at radius 2 is 1.83 bits per heavy atom. The fourth-order valence-corrected chi connectivity index (χ4v) is 4.22. The van der Waals surface area contributed by atoms with Crippen molar-refractivity contribution >= 4 is 50.2 Å². The van der Waals surface area contributed by atoms with E-state index in [0.29, 0.717) is 15.8 Å². The molecule has 0 atom stereocenters. The minimum atomic E-state index is -0.576. The molecule has 0 bridgehead atoms. The summed E-state index contributed by atoms with van der Waals surface area (Å²) >= 11 is 7.45. The molecule has 0 aliphatic carbocycles. The van der Waals surface area contributed by atoms with Crippen molar-refractivity contribution in [3.63, 3.8) is 0 Å². The lowest BCUT2D eigenvalue weighted by atomic mass is 10.1. The Labute approximate surface area is 181 Å². The number of benzene rings is 2. The summed E-state index contributed by atoms with van der Waals surface area (Å²) < 4.78 is 5.70. The van der Waals surface area contributed by atoms with Gasteiger partial charge in [0, 0.05) is 11.2 Å². The second-order valence-corrected chi connectivity index (χ2v) is 7.80. The van der Waals surface area contributed by atoms with Crippen LogP contribution in [0.15, 0.2) is 66.9 Å². The number of hydrogen-bond acceptors (Lipinski definition) is 6. The van der Waals surface area contributed by atoms with Gasteiger partial charge in [-0.05, 0) is 42.5 Å². The Bertz CT molecular complexity index is 1230. The zero-order valence-electron chi connectivity index (χ0n) is 15.9. The van der Waals surface area contributed by atoms with E-state index in [1.165, 1.54) is 23.3 Å². The molecule has 6 nitrogen and oxygen atoms in total. The molecule has 30 heavy (non-hydrogen) atoms. The smallest absolute Gasteiger partial charge is 0.338 e. The van der Waals surface area contributed by atoms with E-state index in [0.717, 1.165) is 10.2 Å². The molecule has 0 saturated carbocycles. The van der Waals surface area contributed by atoms with Crippen LogP contribution in [0.5, 0.6) is 0 Å². The largest absolute Gasteiger partial charge is 0.465 e. The van der Waals surface area contributed by atoms with Crippen LogP contribution in [0.25, 0.3) is 10.2 Å². The molecule has 2 aromatic carbocycles. The number of halogens is 1. The van der Waals surface area contributed by atoms with Gasteiger partial charge in [-0.1, -0.05) is 41.1 Å². The van der Waals surface area contributed by atoms with Gasteiger partial charge in [0.15, 0.2) is 5.13 Å². The summed E-state index contributed by atoms with van der Waals surface area (Å²) in [6.45, 7) is 0.197. The number of rotatable bonds is 5. The van der Waals surface area contributed by atoms with Gasteiger partial charge in [0.25, 0.3) is 5.91 Å². The first-order chi connectivity index (χ1) is 14.6. The minimum absolute atomic E-state index is 0.195. The molecule has 8 heteroatoms. The summed E-state index contributed by atoms with van der Waals surface area (Å²) in [5.74, 6) is -0.945. The number of hydrogen-bond donors (Lipinski definition) is 0. The minimum Gasteiger partial charge on any atom is -0.465 e. The number of anilines is 1. The molecule has 150 valence electrons. The molecule has 4 aromatic rings. The van der Waals surface area contributed by atoms with E-state index in [1.54, 1.807) is 36.5 Å². The van der Waals surface area contributed by atoms with Crippen molar-refractivity contribution in [2.45, 2.75) is 6.54 Å². The molecule has 0 radical (unpaired) electrons. The number of fused-ring (bicyclic) bond motifs is 1. The number of pyridine rings is 1. The third-order valence-electron chi connectivity index (χ3n) is 4.42. The molecule has 0 aliphatic heterocycles. The van der Waals surface area contributed by atoms with Crippen molar-refractivity contribution < 1.29 is 14.3 Å². The number of nitrogens with zero attached hydrogens (tertiary/aromatic N) is 3. The SMILES string of the molecule is COC(=O)c1ccccc1C(=O)N(Cc1ccccn1)c1nc2ccc(Cl)cc2s1. The van der Waals surface area contributed by atoms with Crippen LogP contribution >= 0.6 is 22.9 Å². The van der Waals surface area contributed by atoms with E-state index >= 15 is 0 Å². The number of amides is 1. The van der Waals surface area contributed by atoms with E-state index in [-0.39, 0.29) is 23.6 Å². The van der Waals surface area contributed by atoms with Gasteiger partial charge in [0.05, 0.1) is 40.7 Å². The maximum Gasteiger partial charge on any atom is 0.338 e. The Kier molecular flexibility index (Phi) is 5.74. The van der Waals surface area contributed by atoms with Crippen LogP contribution in [0.3, 0.4) is 0 Å². The van der Waals surface area contributed by atoms with E-state index < -0.39 is 5.97 Å². The van der Waals surface area contributed by atoms with Gasteiger partial charge in [-0.15, -0.1) is 0 Å². The van der Waals surface area contributed by atoms with Crippen LogP contribution in [0, 0.1) is 0 Å². The fraction of sp³-hybridized carbons (Fsp3) is 0.0909.